The number of hydrogen-bond donors (Lipinski definition) is 1. The van der Waals surface area contributed by atoms with Gasteiger partial charge in [-0.25, -0.2) is 0 Å². The molecule has 1 amide bonds. The molecule has 0 aliphatic heterocycles. The van der Waals surface area contributed by atoms with Crippen molar-refractivity contribution in [3.8, 4) is 0 Å². The van der Waals surface area contributed by atoms with Crippen LogP contribution < -0.4 is 5.32 Å². The Bertz CT molecular complexity index is 457. The van der Waals surface area contributed by atoms with Gasteiger partial charge in [0.15, 0.2) is 0 Å². The molecule has 0 radical (unpaired) electrons. The molecule has 18 heavy (non-hydrogen) atoms. The Morgan fingerprint density at radius 3 is 2.89 bits per heavy atom. The quantitative estimate of drug-likeness (QED) is 0.383. The van der Waals surface area contributed by atoms with Gasteiger partial charge in [0.2, 0.25) is 0 Å². The van der Waals surface area contributed by atoms with Crippen LogP contribution in [0.5, 0.6) is 0 Å². The summed E-state index contributed by atoms with van der Waals surface area (Å²) in [6.07, 6.45) is 0.618. The predicted molar refractivity (Wildman–Crippen MR) is 69.6 cm³/mol. The molecule has 0 aliphatic carbocycles. The maximum Gasteiger partial charge on any atom is 0.264 e. The van der Waals surface area contributed by atoms with Gasteiger partial charge in [0, 0.05) is 23.4 Å². The lowest BCUT2D eigenvalue weighted by Crippen LogP contribution is -2.27. The molecule has 8 heteroatoms. The Labute approximate surface area is 109 Å². The standard InChI is InChI=1S/C10H16N6OS/c1-10(2,3)8-7(18-16-14-8)9(17)12-5-4-6-13-15-11/h4-6H2,1-3H3,(H,12,17). The molecule has 1 aromatic rings. The smallest absolute Gasteiger partial charge is 0.264 e. The van der Waals surface area contributed by atoms with E-state index >= 15 is 0 Å². The molecule has 1 heterocycles. The van der Waals surface area contributed by atoms with E-state index in [1.54, 1.807) is 0 Å². The average Bonchev–Trinajstić information content (AvgIpc) is 2.77. The number of nitrogens with one attached hydrogen (secondary N) is 1. The summed E-state index contributed by atoms with van der Waals surface area (Å²) < 4.78 is 3.83. The lowest BCUT2D eigenvalue weighted by molar-refractivity contribution is 0.0955. The highest BCUT2D eigenvalue weighted by Gasteiger charge is 2.25. The van der Waals surface area contributed by atoms with Gasteiger partial charge < -0.3 is 5.32 Å². The van der Waals surface area contributed by atoms with E-state index in [1.165, 1.54) is 0 Å². The predicted octanol–water partition coefficient (Wildman–Crippen LogP) is 2.27. The average molecular weight is 268 g/mol. The molecule has 1 rings (SSSR count). The number of nitrogens with zero attached hydrogens (tertiary/aromatic N) is 5. The summed E-state index contributed by atoms with van der Waals surface area (Å²) in [6, 6.07) is 0. The van der Waals surface area contributed by atoms with Crippen molar-refractivity contribution in [3.63, 3.8) is 0 Å². The molecule has 0 unspecified atom stereocenters. The Morgan fingerprint density at radius 2 is 2.28 bits per heavy atom. The molecular formula is C10H16N6OS. The second kappa shape index (κ2) is 6.32. The summed E-state index contributed by atoms with van der Waals surface area (Å²) in [5, 5.41) is 10.2. The van der Waals surface area contributed by atoms with Crippen molar-refractivity contribution in [2.24, 2.45) is 5.11 Å². The van der Waals surface area contributed by atoms with Crippen LogP contribution in [0.4, 0.5) is 0 Å². The fourth-order valence-electron chi connectivity index (χ4n) is 1.31. The zero-order valence-corrected chi connectivity index (χ0v) is 11.5. The molecule has 98 valence electrons. The van der Waals surface area contributed by atoms with Crippen molar-refractivity contribution >= 4 is 17.4 Å². The third-order valence-electron chi connectivity index (χ3n) is 2.19. The molecule has 7 nitrogen and oxygen atoms in total. The molecule has 0 aromatic carbocycles. The first kappa shape index (κ1) is 14.4. The zero-order valence-electron chi connectivity index (χ0n) is 10.7. The Kier molecular flexibility index (Phi) is 5.06. The van der Waals surface area contributed by atoms with Crippen LogP contribution in [-0.4, -0.2) is 28.6 Å². The number of rotatable bonds is 5. The molecule has 0 aliphatic rings. The maximum atomic E-state index is 11.9. The van der Waals surface area contributed by atoms with Gasteiger partial charge in [-0.15, -0.1) is 5.10 Å². The first-order valence-corrected chi connectivity index (χ1v) is 6.36. The molecule has 0 saturated heterocycles. The van der Waals surface area contributed by atoms with Crippen molar-refractivity contribution in [3.05, 3.63) is 21.0 Å². The molecule has 0 fully saturated rings. The summed E-state index contributed by atoms with van der Waals surface area (Å²) in [7, 11) is 0. The number of aromatic nitrogens is 2. The van der Waals surface area contributed by atoms with Crippen molar-refractivity contribution in [2.75, 3.05) is 13.1 Å². The zero-order chi connectivity index (χ0) is 13.6. The van der Waals surface area contributed by atoms with Crippen LogP contribution in [0.2, 0.25) is 0 Å². The van der Waals surface area contributed by atoms with E-state index < -0.39 is 0 Å². The van der Waals surface area contributed by atoms with Crippen LogP contribution in [-0.2, 0) is 5.41 Å². The molecule has 0 atom stereocenters. The van der Waals surface area contributed by atoms with Crippen LogP contribution in [0.25, 0.3) is 10.4 Å². The van der Waals surface area contributed by atoms with Crippen molar-refractivity contribution < 1.29 is 4.79 Å². The summed E-state index contributed by atoms with van der Waals surface area (Å²) in [5.74, 6) is -0.170. The Hall–Kier alpha value is -1.66. The summed E-state index contributed by atoms with van der Waals surface area (Å²) >= 11 is 1.10. The molecule has 1 aromatic heterocycles. The monoisotopic (exact) mass is 268 g/mol. The molecule has 0 spiro atoms. The largest absolute Gasteiger partial charge is 0.351 e. The van der Waals surface area contributed by atoms with Crippen LogP contribution in [0.3, 0.4) is 0 Å². The van der Waals surface area contributed by atoms with E-state index in [-0.39, 0.29) is 11.3 Å². The minimum atomic E-state index is -0.204. The number of hydrogen-bond acceptors (Lipinski definition) is 5. The molecule has 0 saturated carbocycles. The first-order chi connectivity index (χ1) is 8.46. The van der Waals surface area contributed by atoms with Gasteiger partial charge in [-0.2, -0.15) is 0 Å². The highest BCUT2D eigenvalue weighted by Crippen LogP contribution is 2.25. The minimum absolute atomic E-state index is 0.170. The fourth-order valence-corrected chi connectivity index (χ4v) is 2.10. The fraction of sp³-hybridized carbons (Fsp3) is 0.700. The first-order valence-electron chi connectivity index (χ1n) is 5.58. The summed E-state index contributed by atoms with van der Waals surface area (Å²) in [6.45, 7) is 6.82. The van der Waals surface area contributed by atoms with Gasteiger partial charge in [0.05, 0.1) is 5.69 Å². The van der Waals surface area contributed by atoms with Crippen LogP contribution >= 0.6 is 11.5 Å². The number of amides is 1. The second-order valence-electron chi connectivity index (χ2n) is 4.76. The van der Waals surface area contributed by atoms with E-state index in [4.69, 9.17) is 5.53 Å². The van der Waals surface area contributed by atoms with E-state index in [0.717, 1.165) is 11.5 Å². The third-order valence-corrected chi connectivity index (χ3v) is 2.91. The van der Waals surface area contributed by atoms with Gasteiger partial charge in [-0.1, -0.05) is 30.4 Å². The molecular weight excluding hydrogens is 252 g/mol. The topological polar surface area (TPSA) is 104 Å². The summed E-state index contributed by atoms with van der Waals surface area (Å²) in [5.41, 5.74) is 8.61. The van der Waals surface area contributed by atoms with Gasteiger partial charge in [0.25, 0.3) is 5.91 Å². The lowest BCUT2D eigenvalue weighted by atomic mass is 9.91. The molecule has 0 bridgehead atoms. The highest BCUT2D eigenvalue weighted by molar-refractivity contribution is 7.08. The number of carbonyl (C=O) groups excluding carboxylic acids is 1. The number of azide groups is 1. The van der Waals surface area contributed by atoms with Crippen molar-refractivity contribution in [2.45, 2.75) is 32.6 Å². The van der Waals surface area contributed by atoms with Crippen molar-refractivity contribution in [1.82, 2.24) is 14.9 Å². The molecule has 1 N–H and O–H groups in total. The Balaban J connectivity index is 2.57. The van der Waals surface area contributed by atoms with Crippen LogP contribution in [0.1, 0.15) is 42.6 Å². The van der Waals surface area contributed by atoms with Gasteiger partial charge in [0.1, 0.15) is 4.88 Å². The Morgan fingerprint density at radius 1 is 1.56 bits per heavy atom. The third kappa shape index (κ3) is 3.97. The SMILES string of the molecule is CC(C)(C)c1nnsc1C(=O)NCCCN=[N+]=[N-]. The number of carbonyl (C=O) groups is 1. The normalized spacial score (nSPS) is 10.8. The maximum absolute atomic E-state index is 11.9. The lowest BCUT2D eigenvalue weighted by Gasteiger charge is -2.16. The van der Waals surface area contributed by atoms with Gasteiger partial charge in [-0.05, 0) is 23.5 Å². The van der Waals surface area contributed by atoms with Crippen LogP contribution in [0.15, 0.2) is 5.11 Å². The van der Waals surface area contributed by atoms with Gasteiger partial charge in [-0.3, -0.25) is 4.79 Å². The highest BCUT2D eigenvalue weighted by atomic mass is 32.1. The van der Waals surface area contributed by atoms with E-state index in [9.17, 15) is 4.79 Å². The summed E-state index contributed by atoms with van der Waals surface area (Å²) in [4.78, 5) is 15.1. The van der Waals surface area contributed by atoms with Gasteiger partial charge >= 0.3 is 0 Å². The second-order valence-corrected chi connectivity index (χ2v) is 5.52. The van der Waals surface area contributed by atoms with Crippen LogP contribution in [0, 0.1) is 0 Å². The van der Waals surface area contributed by atoms with E-state index in [1.807, 2.05) is 20.8 Å². The van der Waals surface area contributed by atoms with E-state index in [0.29, 0.717) is 30.1 Å². The minimum Gasteiger partial charge on any atom is -0.351 e. The van der Waals surface area contributed by atoms with Crippen molar-refractivity contribution in [1.29, 1.82) is 0 Å². The van der Waals surface area contributed by atoms with E-state index in [2.05, 4.69) is 24.9 Å².